The lowest BCUT2D eigenvalue weighted by Crippen LogP contribution is -2.25. The van der Waals surface area contributed by atoms with Crippen LogP contribution in [0.4, 0.5) is 11.4 Å². The molecule has 0 unspecified atom stereocenters. The maximum absolute atomic E-state index is 12.4. The Morgan fingerprint density at radius 1 is 1.15 bits per heavy atom. The molecule has 2 heterocycles. The molecule has 0 radical (unpaired) electrons. The molecule has 140 valence electrons. The molecule has 2 aliphatic rings. The summed E-state index contributed by atoms with van der Waals surface area (Å²) < 4.78 is 25.3. The van der Waals surface area contributed by atoms with Crippen molar-refractivity contribution in [3.05, 3.63) is 59.7 Å². The predicted molar refractivity (Wildman–Crippen MR) is 102 cm³/mol. The summed E-state index contributed by atoms with van der Waals surface area (Å²) in [6, 6.07) is 13.6. The highest BCUT2D eigenvalue weighted by atomic mass is 32.2. The largest absolute Gasteiger partial charge is 0.345 e. The van der Waals surface area contributed by atoms with Crippen molar-refractivity contribution in [3.8, 4) is 0 Å². The van der Waals surface area contributed by atoms with Gasteiger partial charge in [0.15, 0.2) is 0 Å². The second kappa shape index (κ2) is 6.70. The van der Waals surface area contributed by atoms with Crippen LogP contribution >= 0.6 is 0 Å². The molecule has 2 N–H and O–H groups in total. The fraction of sp³-hybridized carbons (Fsp3) is 0.263. The second-order valence-electron chi connectivity index (χ2n) is 6.65. The van der Waals surface area contributed by atoms with Crippen molar-refractivity contribution in [2.75, 3.05) is 21.9 Å². The molecule has 2 aliphatic heterocycles. The van der Waals surface area contributed by atoms with Gasteiger partial charge in [-0.25, -0.2) is 8.42 Å². The molecule has 0 aromatic heterocycles. The Labute approximate surface area is 157 Å². The van der Waals surface area contributed by atoms with E-state index in [2.05, 4.69) is 10.6 Å². The Morgan fingerprint density at radius 3 is 2.59 bits per heavy atom. The fourth-order valence-corrected chi connectivity index (χ4v) is 5.08. The number of sulfonamides is 1. The van der Waals surface area contributed by atoms with Crippen molar-refractivity contribution in [1.29, 1.82) is 0 Å². The van der Waals surface area contributed by atoms with E-state index in [-0.39, 0.29) is 30.0 Å². The minimum absolute atomic E-state index is 0.130. The van der Waals surface area contributed by atoms with Crippen molar-refractivity contribution in [1.82, 2.24) is 5.32 Å². The zero-order valence-electron chi connectivity index (χ0n) is 14.5. The van der Waals surface area contributed by atoms with Gasteiger partial charge in [-0.3, -0.25) is 13.9 Å². The van der Waals surface area contributed by atoms with Crippen molar-refractivity contribution < 1.29 is 18.0 Å². The predicted octanol–water partition coefficient (Wildman–Crippen LogP) is 2.04. The molecular weight excluding hydrogens is 366 g/mol. The third-order valence-electron chi connectivity index (χ3n) is 4.81. The molecule has 2 amide bonds. The lowest BCUT2D eigenvalue weighted by molar-refractivity contribution is -0.116. The summed E-state index contributed by atoms with van der Waals surface area (Å²) in [6.45, 7) is 0.481. The van der Waals surface area contributed by atoms with Gasteiger partial charge >= 0.3 is 0 Å². The Hall–Kier alpha value is -2.87. The highest BCUT2D eigenvalue weighted by molar-refractivity contribution is 7.93. The van der Waals surface area contributed by atoms with E-state index in [9.17, 15) is 18.0 Å². The summed E-state index contributed by atoms with van der Waals surface area (Å²) in [5, 5.41) is 5.61. The van der Waals surface area contributed by atoms with Crippen LogP contribution in [-0.4, -0.2) is 32.5 Å². The van der Waals surface area contributed by atoms with Crippen LogP contribution in [0.2, 0.25) is 0 Å². The van der Waals surface area contributed by atoms with Gasteiger partial charge < -0.3 is 10.6 Å². The molecule has 4 rings (SSSR count). The first kappa shape index (κ1) is 17.5. The van der Waals surface area contributed by atoms with Crippen molar-refractivity contribution in [2.24, 2.45) is 0 Å². The lowest BCUT2D eigenvalue weighted by Gasteiger charge is -2.17. The number of nitrogens with one attached hydrogen (secondary N) is 2. The Morgan fingerprint density at radius 2 is 1.89 bits per heavy atom. The number of hydrogen-bond acceptors (Lipinski definition) is 4. The maximum atomic E-state index is 12.4. The van der Waals surface area contributed by atoms with E-state index in [1.54, 1.807) is 36.4 Å². The Bertz CT molecular complexity index is 1000. The smallest absolute Gasteiger partial charge is 0.252 e. The highest BCUT2D eigenvalue weighted by Crippen LogP contribution is 2.28. The molecular formula is C19H19N3O4S. The van der Waals surface area contributed by atoms with Crippen molar-refractivity contribution in [2.45, 2.75) is 18.9 Å². The molecule has 0 bridgehead atoms. The van der Waals surface area contributed by atoms with E-state index in [0.29, 0.717) is 29.9 Å². The van der Waals surface area contributed by atoms with Crippen LogP contribution in [0.15, 0.2) is 48.5 Å². The van der Waals surface area contributed by atoms with Crippen LogP contribution in [0, 0.1) is 0 Å². The minimum atomic E-state index is -3.22. The van der Waals surface area contributed by atoms with E-state index in [1.807, 2.05) is 12.1 Å². The SMILES string of the molecule is O=C(C[C@H]1NC(=O)c2ccccc21)Nc1ccc(N2CCCS2(=O)=O)cc1. The van der Waals surface area contributed by atoms with Gasteiger partial charge in [-0.05, 0) is 42.3 Å². The van der Waals surface area contributed by atoms with Crippen molar-refractivity contribution in [3.63, 3.8) is 0 Å². The van der Waals surface area contributed by atoms with Gasteiger partial charge in [0, 0.05) is 17.8 Å². The molecule has 1 atom stereocenters. The summed E-state index contributed by atoms with van der Waals surface area (Å²) in [7, 11) is -3.22. The Balaban J connectivity index is 1.41. The van der Waals surface area contributed by atoms with E-state index >= 15 is 0 Å². The number of nitrogens with zero attached hydrogens (tertiary/aromatic N) is 1. The number of fused-ring (bicyclic) bond motifs is 1. The van der Waals surface area contributed by atoms with Crippen LogP contribution in [0.3, 0.4) is 0 Å². The van der Waals surface area contributed by atoms with Crippen LogP contribution < -0.4 is 14.9 Å². The van der Waals surface area contributed by atoms with Gasteiger partial charge in [-0.15, -0.1) is 0 Å². The molecule has 8 heteroatoms. The zero-order valence-corrected chi connectivity index (χ0v) is 15.3. The van der Waals surface area contributed by atoms with E-state index in [4.69, 9.17) is 0 Å². The van der Waals surface area contributed by atoms with Crippen LogP contribution in [0.25, 0.3) is 0 Å². The number of carbonyl (C=O) groups excluding carboxylic acids is 2. The third-order valence-corrected chi connectivity index (χ3v) is 6.68. The van der Waals surface area contributed by atoms with Crippen molar-refractivity contribution >= 4 is 33.2 Å². The molecule has 1 saturated heterocycles. The first-order valence-electron chi connectivity index (χ1n) is 8.74. The average molecular weight is 385 g/mol. The van der Waals surface area contributed by atoms with Gasteiger partial charge in [-0.2, -0.15) is 0 Å². The topological polar surface area (TPSA) is 95.6 Å². The molecule has 0 aliphatic carbocycles. The van der Waals surface area contributed by atoms with Gasteiger partial charge in [0.1, 0.15) is 0 Å². The molecule has 2 aromatic rings. The number of amides is 2. The van der Waals surface area contributed by atoms with E-state index < -0.39 is 10.0 Å². The number of anilines is 2. The molecule has 0 saturated carbocycles. The molecule has 7 nitrogen and oxygen atoms in total. The van der Waals surface area contributed by atoms with Crippen LogP contribution in [0.5, 0.6) is 0 Å². The minimum Gasteiger partial charge on any atom is -0.345 e. The quantitative estimate of drug-likeness (QED) is 0.842. The van der Waals surface area contributed by atoms with Gasteiger partial charge in [0.25, 0.3) is 5.91 Å². The van der Waals surface area contributed by atoms with E-state index in [1.165, 1.54) is 4.31 Å². The van der Waals surface area contributed by atoms with E-state index in [0.717, 1.165) is 5.56 Å². The number of rotatable bonds is 4. The summed E-state index contributed by atoms with van der Waals surface area (Å²) in [5.74, 6) is -0.224. The second-order valence-corrected chi connectivity index (χ2v) is 8.67. The summed E-state index contributed by atoms with van der Waals surface area (Å²) >= 11 is 0. The molecule has 0 spiro atoms. The van der Waals surface area contributed by atoms with Crippen LogP contribution in [-0.2, 0) is 14.8 Å². The van der Waals surface area contributed by atoms with Gasteiger partial charge in [0.2, 0.25) is 15.9 Å². The lowest BCUT2D eigenvalue weighted by atomic mass is 10.0. The molecule has 27 heavy (non-hydrogen) atoms. The Kier molecular flexibility index (Phi) is 4.35. The number of benzene rings is 2. The maximum Gasteiger partial charge on any atom is 0.252 e. The van der Waals surface area contributed by atoms with Gasteiger partial charge in [0.05, 0.1) is 23.9 Å². The monoisotopic (exact) mass is 385 g/mol. The number of hydrogen-bond donors (Lipinski definition) is 2. The summed E-state index contributed by atoms with van der Waals surface area (Å²) in [4.78, 5) is 24.3. The summed E-state index contributed by atoms with van der Waals surface area (Å²) in [6.07, 6.45) is 0.750. The fourth-order valence-electron chi connectivity index (χ4n) is 3.52. The molecule has 1 fully saturated rings. The zero-order chi connectivity index (χ0) is 19.0. The standard InChI is InChI=1S/C19H19N3O4S/c23-18(12-17-15-4-1-2-5-16(15)19(24)21-17)20-13-6-8-14(9-7-13)22-10-3-11-27(22,25)26/h1-2,4-9,17H,3,10-12H2,(H,20,23)(H,21,24)/t17-/m1/s1. The highest BCUT2D eigenvalue weighted by Gasteiger charge is 2.30. The van der Waals surface area contributed by atoms with Gasteiger partial charge in [-0.1, -0.05) is 18.2 Å². The molecule has 2 aromatic carbocycles. The first-order chi connectivity index (χ1) is 12.9. The average Bonchev–Trinajstić information content (AvgIpc) is 3.15. The van der Waals surface area contributed by atoms with Crippen LogP contribution in [0.1, 0.15) is 34.8 Å². The summed E-state index contributed by atoms with van der Waals surface area (Å²) in [5.41, 5.74) is 2.61. The third kappa shape index (κ3) is 3.40. The number of carbonyl (C=O) groups is 2. The first-order valence-corrected chi connectivity index (χ1v) is 10.3. The normalized spacial score (nSPS) is 20.2.